The van der Waals surface area contributed by atoms with Gasteiger partial charge in [0.2, 0.25) is 0 Å². The van der Waals surface area contributed by atoms with Gasteiger partial charge in [0, 0.05) is 0 Å². The van der Waals surface area contributed by atoms with Crippen LogP contribution >= 0.6 is 0 Å². The third-order valence-electron chi connectivity index (χ3n) is 1.72. The Bertz CT molecular complexity index is 127. The highest BCUT2D eigenvalue weighted by Gasteiger charge is 2.17. The first-order valence-corrected chi connectivity index (χ1v) is 3.30. The Balaban J connectivity index is 2.36. The molecule has 0 amide bonds. The van der Waals surface area contributed by atoms with Crippen LogP contribution in [0.1, 0.15) is 12.8 Å². The molecule has 9 heavy (non-hydrogen) atoms. The summed E-state index contributed by atoms with van der Waals surface area (Å²) in [6, 6.07) is 0. The molecule has 0 heterocycles. The maximum absolute atomic E-state index is 9.19. The quantitative estimate of drug-likeness (QED) is 0.553. The van der Waals surface area contributed by atoms with Crippen molar-refractivity contribution < 1.29 is 5.11 Å². The number of allylic oxidation sites excluding steroid dienone is 2. The van der Waals surface area contributed by atoms with E-state index >= 15 is 0 Å². The van der Waals surface area contributed by atoms with Crippen LogP contribution in [-0.2, 0) is 0 Å². The molecule has 1 rings (SSSR count). The average Bonchev–Trinajstić information content (AvgIpc) is 2.18. The molecule has 1 heteroatoms. The molecule has 0 aromatic heterocycles. The van der Waals surface area contributed by atoms with Crippen LogP contribution in [0.3, 0.4) is 0 Å². The minimum absolute atomic E-state index is 0.219. The minimum atomic E-state index is -0.219. The van der Waals surface area contributed by atoms with Crippen LogP contribution < -0.4 is 0 Å². The number of rotatable bonds is 2. The monoisotopic (exact) mass is 124 g/mol. The topological polar surface area (TPSA) is 20.2 Å². The van der Waals surface area contributed by atoms with E-state index in [1.807, 2.05) is 18.2 Å². The normalized spacial score (nSPS) is 33.0. The second-order valence-electron chi connectivity index (χ2n) is 2.44. The van der Waals surface area contributed by atoms with Crippen LogP contribution in [-0.4, -0.2) is 11.2 Å². The fourth-order valence-corrected chi connectivity index (χ4v) is 1.14. The fraction of sp³-hybridized carbons (Fsp3) is 0.500. The minimum Gasteiger partial charge on any atom is -0.389 e. The van der Waals surface area contributed by atoms with Crippen molar-refractivity contribution in [3.8, 4) is 0 Å². The van der Waals surface area contributed by atoms with Crippen LogP contribution in [0, 0.1) is 5.92 Å². The molecule has 0 aliphatic heterocycles. The van der Waals surface area contributed by atoms with Crippen LogP contribution in [0.4, 0.5) is 0 Å². The lowest BCUT2D eigenvalue weighted by Gasteiger charge is -2.09. The first kappa shape index (κ1) is 6.56. The molecule has 0 aromatic rings. The number of hydrogen-bond acceptors (Lipinski definition) is 1. The van der Waals surface area contributed by atoms with E-state index in [0.717, 1.165) is 12.8 Å². The van der Waals surface area contributed by atoms with Gasteiger partial charge in [0.15, 0.2) is 0 Å². The standard InChI is InChI=1S/C8H12O/c1-2-4-7-5-3-6-8(7)9/h2-3,6-9H,1,4-5H2. The highest BCUT2D eigenvalue weighted by atomic mass is 16.3. The van der Waals surface area contributed by atoms with Gasteiger partial charge in [-0.25, -0.2) is 0 Å². The van der Waals surface area contributed by atoms with Gasteiger partial charge in [0.25, 0.3) is 0 Å². The van der Waals surface area contributed by atoms with Gasteiger partial charge in [-0.15, -0.1) is 6.58 Å². The lowest BCUT2D eigenvalue weighted by molar-refractivity contribution is 0.166. The van der Waals surface area contributed by atoms with Gasteiger partial charge in [-0.2, -0.15) is 0 Å². The summed E-state index contributed by atoms with van der Waals surface area (Å²) in [4.78, 5) is 0. The molecule has 1 N–H and O–H groups in total. The first-order chi connectivity index (χ1) is 4.34. The fourth-order valence-electron chi connectivity index (χ4n) is 1.14. The Morgan fingerprint density at radius 3 is 3.00 bits per heavy atom. The highest BCUT2D eigenvalue weighted by molar-refractivity contribution is 5.02. The zero-order chi connectivity index (χ0) is 6.69. The molecular formula is C8H12O. The summed E-state index contributed by atoms with van der Waals surface area (Å²) in [5.74, 6) is 0.405. The molecule has 1 nitrogen and oxygen atoms in total. The van der Waals surface area contributed by atoms with Crippen molar-refractivity contribution in [2.24, 2.45) is 5.92 Å². The Kier molecular flexibility index (Phi) is 2.06. The maximum atomic E-state index is 9.19. The number of aliphatic hydroxyl groups excluding tert-OH is 1. The summed E-state index contributed by atoms with van der Waals surface area (Å²) < 4.78 is 0. The van der Waals surface area contributed by atoms with E-state index in [-0.39, 0.29) is 6.10 Å². The van der Waals surface area contributed by atoms with Crippen molar-refractivity contribution in [2.45, 2.75) is 18.9 Å². The van der Waals surface area contributed by atoms with Crippen molar-refractivity contribution in [1.82, 2.24) is 0 Å². The molecule has 0 bridgehead atoms. The van der Waals surface area contributed by atoms with E-state index in [9.17, 15) is 5.11 Å². The smallest absolute Gasteiger partial charge is 0.0754 e. The van der Waals surface area contributed by atoms with Crippen LogP contribution in [0.25, 0.3) is 0 Å². The third-order valence-corrected chi connectivity index (χ3v) is 1.72. The van der Waals surface area contributed by atoms with E-state index in [0.29, 0.717) is 5.92 Å². The molecule has 1 aliphatic rings. The van der Waals surface area contributed by atoms with E-state index in [1.54, 1.807) is 0 Å². The summed E-state index contributed by atoms with van der Waals surface area (Å²) in [5.41, 5.74) is 0. The molecule has 0 spiro atoms. The summed E-state index contributed by atoms with van der Waals surface area (Å²) in [6.07, 6.45) is 7.46. The zero-order valence-corrected chi connectivity index (χ0v) is 5.46. The summed E-state index contributed by atoms with van der Waals surface area (Å²) in [5, 5.41) is 9.19. The average molecular weight is 124 g/mol. The van der Waals surface area contributed by atoms with Crippen LogP contribution in [0.5, 0.6) is 0 Å². The van der Waals surface area contributed by atoms with Crippen LogP contribution in [0.2, 0.25) is 0 Å². The molecular weight excluding hydrogens is 112 g/mol. The number of aliphatic hydroxyl groups is 1. The predicted molar refractivity (Wildman–Crippen MR) is 38.1 cm³/mol. The van der Waals surface area contributed by atoms with E-state index < -0.39 is 0 Å². The van der Waals surface area contributed by atoms with E-state index in [1.165, 1.54) is 0 Å². The molecule has 2 unspecified atom stereocenters. The van der Waals surface area contributed by atoms with Crippen molar-refractivity contribution in [3.05, 3.63) is 24.8 Å². The van der Waals surface area contributed by atoms with E-state index in [2.05, 4.69) is 6.58 Å². The van der Waals surface area contributed by atoms with Gasteiger partial charge in [-0.3, -0.25) is 0 Å². The van der Waals surface area contributed by atoms with Gasteiger partial charge in [-0.05, 0) is 18.8 Å². The first-order valence-electron chi connectivity index (χ1n) is 3.30. The molecule has 1 aliphatic carbocycles. The third kappa shape index (κ3) is 1.42. The summed E-state index contributed by atoms with van der Waals surface area (Å²) in [7, 11) is 0. The van der Waals surface area contributed by atoms with Crippen molar-refractivity contribution in [2.75, 3.05) is 0 Å². The Morgan fingerprint density at radius 1 is 1.78 bits per heavy atom. The molecule has 0 fully saturated rings. The maximum Gasteiger partial charge on any atom is 0.0754 e. The van der Waals surface area contributed by atoms with Crippen molar-refractivity contribution >= 4 is 0 Å². The lowest BCUT2D eigenvalue weighted by atomic mass is 10.0. The largest absolute Gasteiger partial charge is 0.389 e. The van der Waals surface area contributed by atoms with Gasteiger partial charge in [-0.1, -0.05) is 18.2 Å². The predicted octanol–water partition coefficient (Wildman–Crippen LogP) is 1.50. The zero-order valence-electron chi connectivity index (χ0n) is 5.46. The molecule has 2 atom stereocenters. The second kappa shape index (κ2) is 2.83. The van der Waals surface area contributed by atoms with Gasteiger partial charge >= 0.3 is 0 Å². The van der Waals surface area contributed by atoms with Crippen molar-refractivity contribution in [3.63, 3.8) is 0 Å². The molecule has 0 saturated carbocycles. The SMILES string of the molecule is C=CCC1CC=CC1O. The molecule has 50 valence electrons. The van der Waals surface area contributed by atoms with E-state index in [4.69, 9.17) is 0 Å². The summed E-state index contributed by atoms with van der Waals surface area (Å²) in [6.45, 7) is 3.62. The van der Waals surface area contributed by atoms with Gasteiger partial charge in [0.1, 0.15) is 0 Å². The Morgan fingerprint density at radius 2 is 2.56 bits per heavy atom. The summed E-state index contributed by atoms with van der Waals surface area (Å²) >= 11 is 0. The Labute approximate surface area is 55.7 Å². The highest BCUT2D eigenvalue weighted by Crippen LogP contribution is 2.21. The van der Waals surface area contributed by atoms with Gasteiger partial charge < -0.3 is 5.11 Å². The lowest BCUT2D eigenvalue weighted by Crippen LogP contribution is -2.11. The molecule has 0 radical (unpaired) electrons. The Hall–Kier alpha value is -0.560. The van der Waals surface area contributed by atoms with Crippen LogP contribution in [0.15, 0.2) is 24.8 Å². The molecule has 0 aromatic carbocycles. The molecule has 0 saturated heterocycles. The van der Waals surface area contributed by atoms with Gasteiger partial charge in [0.05, 0.1) is 6.10 Å². The second-order valence-corrected chi connectivity index (χ2v) is 2.44. The van der Waals surface area contributed by atoms with Crippen molar-refractivity contribution in [1.29, 1.82) is 0 Å². The number of hydrogen-bond donors (Lipinski definition) is 1.